The number of hydrogen-bond donors (Lipinski definition) is 1. The van der Waals surface area contributed by atoms with Crippen molar-refractivity contribution in [2.75, 3.05) is 0 Å². The van der Waals surface area contributed by atoms with Gasteiger partial charge in [0.25, 0.3) is 0 Å². The number of carboxylic acids is 1. The molecule has 6 heteroatoms. The number of carbonyl (C=O) groups excluding carboxylic acids is 1. The summed E-state index contributed by atoms with van der Waals surface area (Å²) in [6.45, 7) is 0. The molecule has 76 valence electrons. The van der Waals surface area contributed by atoms with E-state index in [1.54, 1.807) is 29.1 Å². The third-order valence-electron chi connectivity index (χ3n) is 2.03. The molecule has 0 fully saturated rings. The van der Waals surface area contributed by atoms with Crippen molar-refractivity contribution in [3.63, 3.8) is 0 Å². The molecule has 0 aliphatic rings. The van der Waals surface area contributed by atoms with Crippen LogP contribution in [0.15, 0.2) is 36.7 Å². The fraction of sp³-hybridized carbons (Fsp3) is 0. The zero-order valence-corrected chi connectivity index (χ0v) is 11.5. The summed E-state index contributed by atoms with van der Waals surface area (Å²) in [5.74, 6) is -1.18. The van der Waals surface area contributed by atoms with Crippen molar-refractivity contribution < 1.29 is 39.5 Å². The summed E-state index contributed by atoms with van der Waals surface area (Å²) in [5.41, 5.74) is 0.965. The molecular formula is C10H7N2NaO2S. The Morgan fingerprint density at radius 3 is 2.38 bits per heavy atom. The van der Waals surface area contributed by atoms with E-state index in [-0.39, 0.29) is 35.1 Å². The fourth-order valence-corrected chi connectivity index (χ4v) is 1.52. The summed E-state index contributed by atoms with van der Waals surface area (Å²) < 4.78 is 2.31. The summed E-state index contributed by atoms with van der Waals surface area (Å²) in [7, 11) is 0. The molecule has 0 atom stereocenters. The molecule has 1 aromatic carbocycles. The van der Waals surface area contributed by atoms with Crippen molar-refractivity contribution in [2.24, 2.45) is 0 Å². The second-order valence-electron chi connectivity index (χ2n) is 2.97. The first-order chi connectivity index (χ1) is 7.18. The van der Waals surface area contributed by atoms with Crippen LogP contribution in [0, 0.1) is 4.77 Å². The number of aromatic carboxylic acids is 1. The van der Waals surface area contributed by atoms with Crippen molar-refractivity contribution in [1.29, 1.82) is 0 Å². The molecule has 0 spiro atoms. The van der Waals surface area contributed by atoms with Crippen LogP contribution >= 0.6 is 12.2 Å². The molecule has 1 heterocycles. The Morgan fingerprint density at radius 1 is 1.31 bits per heavy atom. The number of benzene rings is 1. The van der Waals surface area contributed by atoms with Crippen LogP contribution in [-0.4, -0.2) is 15.5 Å². The molecule has 0 aliphatic carbocycles. The second-order valence-corrected chi connectivity index (χ2v) is 3.36. The van der Waals surface area contributed by atoms with Crippen LogP contribution in [-0.2, 0) is 0 Å². The molecule has 0 saturated carbocycles. The molecular weight excluding hydrogens is 235 g/mol. The summed E-state index contributed by atoms with van der Waals surface area (Å²) in [6, 6.07) is 6.32. The predicted octanol–water partition coefficient (Wildman–Crippen LogP) is -2.10. The van der Waals surface area contributed by atoms with E-state index >= 15 is 0 Å². The molecule has 1 aromatic heterocycles. The summed E-state index contributed by atoms with van der Waals surface area (Å²) in [4.78, 5) is 13.4. The number of hydrogen-bond acceptors (Lipinski definition) is 3. The van der Waals surface area contributed by atoms with E-state index in [1.165, 1.54) is 12.1 Å². The van der Waals surface area contributed by atoms with Crippen LogP contribution in [0.25, 0.3) is 5.69 Å². The van der Waals surface area contributed by atoms with Crippen LogP contribution < -0.4 is 34.7 Å². The Bertz CT molecular complexity index is 544. The molecule has 4 nitrogen and oxygen atoms in total. The number of aromatic nitrogens is 2. The quantitative estimate of drug-likeness (QED) is 0.485. The van der Waals surface area contributed by atoms with Crippen molar-refractivity contribution >= 4 is 18.2 Å². The molecule has 2 rings (SSSR count). The molecule has 2 aromatic rings. The van der Waals surface area contributed by atoms with Gasteiger partial charge in [-0.1, -0.05) is 12.1 Å². The second kappa shape index (κ2) is 5.45. The number of nitrogens with zero attached hydrogens (tertiary/aromatic N) is 1. The van der Waals surface area contributed by atoms with Gasteiger partial charge in [-0.15, -0.1) is 0 Å². The molecule has 0 radical (unpaired) electrons. The maximum atomic E-state index is 10.5. The van der Waals surface area contributed by atoms with Gasteiger partial charge >= 0.3 is 29.6 Å². The number of carbonyl (C=O) groups is 1. The smallest absolute Gasteiger partial charge is 0.545 e. The number of nitrogens with one attached hydrogen (secondary N) is 1. The SMILES string of the molecule is O=C([O-])c1ccc(-n2cc[nH]c2=S)cc1.[Na+]. The van der Waals surface area contributed by atoms with Gasteiger partial charge in [0.05, 0.1) is 5.97 Å². The topological polar surface area (TPSA) is 60.8 Å². The molecule has 1 N–H and O–H groups in total. The summed E-state index contributed by atoms with van der Waals surface area (Å²) >= 11 is 5.03. The molecule has 0 saturated heterocycles. The fourth-order valence-electron chi connectivity index (χ4n) is 1.28. The number of imidazole rings is 1. The maximum Gasteiger partial charge on any atom is 1.00 e. The van der Waals surface area contributed by atoms with Crippen molar-refractivity contribution in [2.45, 2.75) is 0 Å². The van der Waals surface area contributed by atoms with Gasteiger partial charge in [0.2, 0.25) is 0 Å². The van der Waals surface area contributed by atoms with E-state index < -0.39 is 5.97 Å². The predicted molar refractivity (Wildman–Crippen MR) is 55.3 cm³/mol. The van der Waals surface area contributed by atoms with Gasteiger partial charge in [0.1, 0.15) is 0 Å². The zero-order chi connectivity index (χ0) is 10.8. The zero-order valence-electron chi connectivity index (χ0n) is 8.64. The Morgan fingerprint density at radius 2 is 1.94 bits per heavy atom. The van der Waals surface area contributed by atoms with Crippen LogP contribution in [0.5, 0.6) is 0 Å². The first-order valence-corrected chi connectivity index (χ1v) is 4.67. The van der Waals surface area contributed by atoms with E-state index in [0.29, 0.717) is 4.77 Å². The van der Waals surface area contributed by atoms with Crippen molar-refractivity contribution in [1.82, 2.24) is 9.55 Å². The van der Waals surface area contributed by atoms with Gasteiger partial charge in [0.15, 0.2) is 4.77 Å². The van der Waals surface area contributed by atoms with E-state index in [4.69, 9.17) is 12.2 Å². The number of aromatic amines is 1. The minimum Gasteiger partial charge on any atom is -0.545 e. The van der Waals surface area contributed by atoms with Gasteiger partial charge < -0.3 is 14.9 Å². The van der Waals surface area contributed by atoms with E-state index in [1.807, 2.05) is 0 Å². The third kappa shape index (κ3) is 2.62. The molecule has 0 unspecified atom stereocenters. The molecule has 0 amide bonds. The first kappa shape index (κ1) is 13.2. The van der Waals surface area contributed by atoms with E-state index in [0.717, 1.165) is 5.69 Å². The number of H-pyrrole nitrogens is 1. The standard InChI is InChI=1S/C10H8N2O2S.Na/c13-9(14)7-1-3-8(4-2-7)12-6-5-11-10(12)15;/h1-6H,(H,11,15)(H,13,14);/q;+1/p-1. The average molecular weight is 242 g/mol. The van der Waals surface area contributed by atoms with Crippen LogP contribution in [0.3, 0.4) is 0 Å². The van der Waals surface area contributed by atoms with E-state index in [9.17, 15) is 9.90 Å². The van der Waals surface area contributed by atoms with Gasteiger partial charge in [-0.05, 0) is 29.9 Å². The number of rotatable bonds is 2. The Balaban J connectivity index is 0.00000128. The van der Waals surface area contributed by atoms with Crippen molar-refractivity contribution in [3.05, 3.63) is 47.0 Å². The minimum absolute atomic E-state index is 0. The number of carboxylic acid groups (broad SMARTS) is 1. The van der Waals surface area contributed by atoms with Gasteiger partial charge in [0, 0.05) is 18.1 Å². The minimum atomic E-state index is -1.18. The Labute approximate surface area is 119 Å². The maximum absolute atomic E-state index is 10.5. The van der Waals surface area contributed by atoms with Crippen LogP contribution in [0.4, 0.5) is 0 Å². The molecule has 0 bridgehead atoms. The Hall–Kier alpha value is -0.880. The summed E-state index contributed by atoms with van der Waals surface area (Å²) in [6.07, 6.45) is 3.49. The van der Waals surface area contributed by atoms with Gasteiger partial charge in [-0.3, -0.25) is 4.57 Å². The van der Waals surface area contributed by atoms with Crippen LogP contribution in [0.2, 0.25) is 0 Å². The Kier molecular flexibility index (Phi) is 4.49. The average Bonchev–Trinajstić information content (AvgIpc) is 2.65. The third-order valence-corrected chi connectivity index (χ3v) is 2.34. The molecule has 16 heavy (non-hydrogen) atoms. The normalized spacial score (nSPS) is 9.50. The monoisotopic (exact) mass is 242 g/mol. The molecule has 0 aliphatic heterocycles. The van der Waals surface area contributed by atoms with Gasteiger partial charge in [-0.25, -0.2) is 0 Å². The largest absolute Gasteiger partial charge is 1.00 e. The summed E-state index contributed by atoms with van der Waals surface area (Å²) in [5, 5.41) is 10.5. The van der Waals surface area contributed by atoms with Gasteiger partial charge in [-0.2, -0.15) is 0 Å². The van der Waals surface area contributed by atoms with E-state index in [2.05, 4.69) is 4.98 Å². The van der Waals surface area contributed by atoms with Crippen LogP contribution in [0.1, 0.15) is 10.4 Å². The van der Waals surface area contributed by atoms with Crippen molar-refractivity contribution in [3.8, 4) is 5.69 Å². The first-order valence-electron chi connectivity index (χ1n) is 4.26.